The lowest BCUT2D eigenvalue weighted by molar-refractivity contribution is 0.360. The van der Waals surface area contributed by atoms with Crippen molar-refractivity contribution in [1.82, 2.24) is 5.32 Å². The molecule has 0 spiro atoms. The molecule has 1 rings (SSSR count). The number of hydrogen-bond donors (Lipinski definition) is 1. The van der Waals surface area contributed by atoms with Crippen LogP contribution in [-0.4, -0.2) is 32.0 Å². The molecule has 4 heteroatoms. The average molecular weight is 261 g/mol. The maximum Gasteiger partial charge on any atom is 0.150 e. The van der Waals surface area contributed by atoms with Gasteiger partial charge in [0.15, 0.2) is 0 Å². The molecule has 1 fully saturated rings. The molecule has 0 saturated carbocycles. The third-order valence-electron chi connectivity index (χ3n) is 3.57. The fourth-order valence-electron chi connectivity index (χ4n) is 2.50. The molecule has 1 atom stereocenters. The maximum atomic E-state index is 11.4. The smallest absolute Gasteiger partial charge is 0.150 e. The maximum absolute atomic E-state index is 11.4. The lowest BCUT2D eigenvalue weighted by Gasteiger charge is -2.28. The first kappa shape index (κ1) is 15.0. The summed E-state index contributed by atoms with van der Waals surface area (Å²) in [7, 11) is -2.72. The SMILES string of the molecule is CCCCC(CCC)NC1CCS(=O)(=O)CC1. The summed E-state index contributed by atoms with van der Waals surface area (Å²) in [6.45, 7) is 4.43. The van der Waals surface area contributed by atoms with E-state index < -0.39 is 9.84 Å². The number of nitrogens with one attached hydrogen (secondary N) is 1. The van der Waals surface area contributed by atoms with E-state index in [2.05, 4.69) is 19.2 Å². The Morgan fingerprint density at radius 3 is 2.29 bits per heavy atom. The van der Waals surface area contributed by atoms with Crippen LogP contribution in [0.4, 0.5) is 0 Å². The Hall–Kier alpha value is -0.0900. The molecule has 0 radical (unpaired) electrons. The van der Waals surface area contributed by atoms with Crippen molar-refractivity contribution in [2.45, 2.75) is 70.9 Å². The molecule has 1 aliphatic heterocycles. The van der Waals surface area contributed by atoms with Crippen LogP contribution in [0.15, 0.2) is 0 Å². The van der Waals surface area contributed by atoms with Gasteiger partial charge in [-0.1, -0.05) is 33.1 Å². The summed E-state index contributed by atoms with van der Waals surface area (Å²) in [5, 5.41) is 3.66. The van der Waals surface area contributed by atoms with Crippen LogP contribution in [0.1, 0.15) is 58.8 Å². The van der Waals surface area contributed by atoms with E-state index in [0.29, 0.717) is 23.6 Å². The van der Waals surface area contributed by atoms with E-state index in [-0.39, 0.29) is 0 Å². The van der Waals surface area contributed by atoms with Crippen LogP contribution in [0.2, 0.25) is 0 Å². The van der Waals surface area contributed by atoms with Crippen LogP contribution in [0, 0.1) is 0 Å². The molecule has 1 heterocycles. The zero-order valence-electron chi connectivity index (χ0n) is 11.2. The summed E-state index contributed by atoms with van der Waals surface area (Å²) >= 11 is 0. The van der Waals surface area contributed by atoms with Crippen LogP contribution < -0.4 is 5.32 Å². The van der Waals surface area contributed by atoms with Gasteiger partial charge in [0.05, 0.1) is 11.5 Å². The fraction of sp³-hybridized carbons (Fsp3) is 1.00. The van der Waals surface area contributed by atoms with Gasteiger partial charge >= 0.3 is 0 Å². The van der Waals surface area contributed by atoms with Crippen molar-refractivity contribution in [2.75, 3.05) is 11.5 Å². The second-order valence-corrected chi connectivity index (χ2v) is 7.52. The Balaban J connectivity index is 2.34. The molecular formula is C13H27NO2S. The Morgan fingerprint density at radius 1 is 1.12 bits per heavy atom. The van der Waals surface area contributed by atoms with Gasteiger partial charge in [0.1, 0.15) is 9.84 Å². The number of rotatable bonds is 7. The molecule has 17 heavy (non-hydrogen) atoms. The van der Waals surface area contributed by atoms with Gasteiger partial charge in [0, 0.05) is 12.1 Å². The summed E-state index contributed by atoms with van der Waals surface area (Å²) in [4.78, 5) is 0. The van der Waals surface area contributed by atoms with Crippen LogP contribution in [-0.2, 0) is 9.84 Å². The Bertz CT molecular complexity index is 287. The van der Waals surface area contributed by atoms with Gasteiger partial charge in [-0.3, -0.25) is 0 Å². The number of sulfone groups is 1. The van der Waals surface area contributed by atoms with E-state index in [0.717, 1.165) is 12.8 Å². The first-order valence-electron chi connectivity index (χ1n) is 7.04. The van der Waals surface area contributed by atoms with E-state index in [1.807, 2.05) is 0 Å². The minimum atomic E-state index is -2.72. The molecule has 1 saturated heterocycles. The molecule has 0 aliphatic carbocycles. The predicted molar refractivity (Wildman–Crippen MR) is 73.0 cm³/mol. The number of hydrogen-bond acceptors (Lipinski definition) is 3. The third-order valence-corrected chi connectivity index (χ3v) is 5.28. The standard InChI is InChI=1S/C13H27NO2S/c1-3-5-7-12(6-4-2)14-13-8-10-17(15,16)11-9-13/h12-14H,3-11H2,1-2H3. The van der Waals surface area contributed by atoms with E-state index in [1.54, 1.807) is 0 Å². The zero-order chi connectivity index (χ0) is 12.7. The van der Waals surface area contributed by atoms with Gasteiger partial charge in [-0.25, -0.2) is 8.42 Å². The molecule has 1 unspecified atom stereocenters. The lowest BCUT2D eigenvalue weighted by Crippen LogP contribution is -2.43. The Kier molecular flexibility index (Phi) is 6.49. The van der Waals surface area contributed by atoms with Crippen molar-refractivity contribution in [3.63, 3.8) is 0 Å². The highest BCUT2D eigenvalue weighted by atomic mass is 32.2. The van der Waals surface area contributed by atoms with E-state index in [1.165, 1.54) is 32.1 Å². The molecular weight excluding hydrogens is 234 g/mol. The summed E-state index contributed by atoms with van der Waals surface area (Å²) in [5.74, 6) is 0.745. The monoisotopic (exact) mass is 261 g/mol. The molecule has 1 N–H and O–H groups in total. The molecule has 102 valence electrons. The van der Waals surface area contributed by atoms with Crippen molar-refractivity contribution in [1.29, 1.82) is 0 Å². The lowest BCUT2D eigenvalue weighted by atomic mass is 10.0. The van der Waals surface area contributed by atoms with Crippen molar-refractivity contribution in [2.24, 2.45) is 0 Å². The second-order valence-electron chi connectivity index (χ2n) is 5.22. The van der Waals surface area contributed by atoms with Gasteiger partial charge < -0.3 is 5.32 Å². The predicted octanol–water partition coefficient (Wildman–Crippen LogP) is 2.51. The van der Waals surface area contributed by atoms with Crippen LogP contribution in [0.3, 0.4) is 0 Å². The molecule has 3 nitrogen and oxygen atoms in total. The van der Waals surface area contributed by atoms with Crippen molar-refractivity contribution in [3.8, 4) is 0 Å². The number of unbranched alkanes of at least 4 members (excludes halogenated alkanes) is 1. The van der Waals surface area contributed by atoms with Crippen molar-refractivity contribution in [3.05, 3.63) is 0 Å². The van der Waals surface area contributed by atoms with Crippen molar-refractivity contribution < 1.29 is 8.42 Å². The third kappa shape index (κ3) is 5.87. The van der Waals surface area contributed by atoms with Crippen molar-refractivity contribution >= 4 is 9.84 Å². The average Bonchev–Trinajstić information content (AvgIpc) is 2.29. The normalized spacial score (nSPS) is 22.5. The molecule has 0 bridgehead atoms. The first-order chi connectivity index (χ1) is 8.07. The largest absolute Gasteiger partial charge is 0.311 e. The van der Waals surface area contributed by atoms with E-state index in [9.17, 15) is 8.42 Å². The highest BCUT2D eigenvalue weighted by Crippen LogP contribution is 2.15. The van der Waals surface area contributed by atoms with E-state index in [4.69, 9.17) is 0 Å². The Labute approximate surface area is 106 Å². The van der Waals surface area contributed by atoms with Crippen LogP contribution >= 0.6 is 0 Å². The highest BCUT2D eigenvalue weighted by Gasteiger charge is 2.24. The van der Waals surface area contributed by atoms with Crippen LogP contribution in [0.25, 0.3) is 0 Å². The van der Waals surface area contributed by atoms with Gasteiger partial charge in [-0.2, -0.15) is 0 Å². The Morgan fingerprint density at radius 2 is 1.76 bits per heavy atom. The van der Waals surface area contributed by atoms with Gasteiger partial charge in [0.2, 0.25) is 0 Å². The molecule has 0 aromatic rings. The highest BCUT2D eigenvalue weighted by molar-refractivity contribution is 7.91. The zero-order valence-corrected chi connectivity index (χ0v) is 12.1. The summed E-state index contributed by atoms with van der Waals surface area (Å²) in [6.07, 6.45) is 7.75. The quantitative estimate of drug-likeness (QED) is 0.766. The molecule has 0 aromatic carbocycles. The van der Waals surface area contributed by atoms with Gasteiger partial charge in [0.25, 0.3) is 0 Å². The second kappa shape index (κ2) is 7.37. The molecule has 0 amide bonds. The summed E-state index contributed by atoms with van der Waals surface area (Å²) < 4.78 is 22.7. The topological polar surface area (TPSA) is 46.2 Å². The first-order valence-corrected chi connectivity index (χ1v) is 8.86. The van der Waals surface area contributed by atoms with E-state index >= 15 is 0 Å². The fourth-order valence-corrected chi connectivity index (χ4v) is 3.99. The van der Waals surface area contributed by atoms with Gasteiger partial charge in [-0.05, 0) is 25.7 Å². The summed E-state index contributed by atoms with van der Waals surface area (Å²) in [6, 6.07) is 1.01. The minimum absolute atomic E-state index is 0.372. The summed E-state index contributed by atoms with van der Waals surface area (Å²) in [5.41, 5.74) is 0. The van der Waals surface area contributed by atoms with Crippen LogP contribution in [0.5, 0.6) is 0 Å². The molecule has 1 aliphatic rings. The molecule has 0 aromatic heterocycles. The minimum Gasteiger partial charge on any atom is -0.311 e. The van der Waals surface area contributed by atoms with Gasteiger partial charge in [-0.15, -0.1) is 0 Å².